The van der Waals surface area contributed by atoms with E-state index in [1.807, 2.05) is 35.3 Å². The Morgan fingerprint density at radius 3 is 2.73 bits per heavy atom. The maximum Gasteiger partial charge on any atom is 0.258 e. The van der Waals surface area contributed by atoms with Gasteiger partial charge in [-0.2, -0.15) is 0 Å². The highest BCUT2D eigenvalue weighted by atomic mass is 32.1. The van der Waals surface area contributed by atoms with Crippen LogP contribution in [0.25, 0.3) is 0 Å². The number of carbonyl (C=O) groups is 2. The summed E-state index contributed by atoms with van der Waals surface area (Å²) in [6.07, 6.45) is 3.22. The second-order valence-corrected chi connectivity index (χ2v) is 10.4. The van der Waals surface area contributed by atoms with Gasteiger partial charge in [0.25, 0.3) is 5.91 Å². The van der Waals surface area contributed by atoms with Crippen molar-refractivity contribution in [3.63, 3.8) is 0 Å². The molecule has 9 N–H and O–H groups in total. The van der Waals surface area contributed by atoms with Gasteiger partial charge in [-0.15, -0.1) is 11.3 Å². The number of nitrogens with two attached hydrogens (primary N) is 3. The Kier molecular flexibility index (Phi) is 8.09. The number of nitrogens with one attached hydrogen (secondary N) is 1. The smallest absolute Gasteiger partial charge is 0.258 e. The molecule has 2 aliphatic rings. The topological polar surface area (TPSA) is 196 Å². The van der Waals surface area contributed by atoms with Gasteiger partial charge in [0, 0.05) is 31.2 Å². The zero-order valence-electron chi connectivity index (χ0n) is 20.5. The van der Waals surface area contributed by atoms with Gasteiger partial charge in [0.2, 0.25) is 11.7 Å². The van der Waals surface area contributed by atoms with E-state index in [2.05, 4.69) is 15.3 Å². The molecule has 3 atom stereocenters. The van der Waals surface area contributed by atoms with E-state index >= 15 is 0 Å². The largest absolute Gasteiger partial charge is 0.370 e. The van der Waals surface area contributed by atoms with Crippen LogP contribution >= 0.6 is 11.3 Å². The molecule has 0 aliphatic carbocycles. The average Bonchev–Trinajstić information content (AvgIpc) is 3.55. The molecular weight excluding hydrogens is 496 g/mol. The number of rotatable bonds is 10. The Hall–Kier alpha value is -3.10. The number of thiazole rings is 1. The number of benzene rings is 1. The minimum absolute atomic E-state index is 0.0468. The number of aromatic nitrogens is 1. The summed E-state index contributed by atoms with van der Waals surface area (Å²) >= 11 is 1.06. The third-order valence-corrected chi connectivity index (χ3v) is 7.76. The molecule has 37 heavy (non-hydrogen) atoms. The van der Waals surface area contributed by atoms with E-state index < -0.39 is 29.3 Å². The molecule has 3 heterocycles. The van der Waals surface area contributed by atoms with Crippen LogP contribution in [-0.2, 0) is 21.8 Å². The summed E-state index contributed by atoms with van der Waals surface area (Å²) in [5, 5.41) is 29.6. The normalized spacial score (nSPS) is 22.9. The van der Waals surface area contributed by atoms with Crippen LogP contribution in [0.5, 0.6) is 0 Å². The molecule has 2 saturated heterocycles. The molecule has 1 aromatic carbocycles. The summed E-state index contributed by atoms with van der Waals surface area (Å²) < 4.78 is 0. The van der Waals surface area contributed by atoms with Crippen LogP contribution in [0.1, 0.15) is 36.3 Å². The molecule has 200 valence electrons. The third-order valence-electron chi connectivity index (χ3n) is 6.87. The number of fused-ring (bicyclic) bond motifs is 1. The van der Waals surface area contributed by atoms with E-state index in [1.54, 1.807) is 5.38 Å². The Morgan fingerprint density at radius 1 is 1.30 bits per heavy atom. The van der Waals surface area contributed by atoms with Gasteiger partial charge in [0.1, 0.15) is 11.6 Å². The minimum Gasteiger partial charge on any atom is -0.370 e. The van der Waals surface area contributed by atoms with Crippen LogP contribution in [-0.4, -0.2) is 80.2 Å². The van der Waals surface area contributed by atoms with E-state index in [4.69, 9.17) is 17.2 Å². The molecule has 0 unspecified atom stereocenters. The Balaban J connectivity index is 1.50. The summed E-state index contributed by atoms with van der Waals surface area (Å²) in [6.45, 7) is 1.32. The van der Waals surface area contributed by atoms with Gasteiger partial charge in [0.15, 0.2) is 11.0 Å². The maximum absolute atomic E-state index is 13.6. The van der Waals surface area contributed by atoms with Crippen LogP contribution < -0.4 is 22.5 Å². The lowest BCUT2D eigenvalue weighted by Gasteiger charge is -2.44. The average molecular weight is 531 g/mol. The van der Waals surface area contributed by atoms with Crippen molar-refractivity contribution >= 4 is 29.1 Å². The van der Waals surface area contributed by atoms with Crippen molar-refractivity contribution in [1.29, 1.82) is 0 Å². The van der Waals surface area contributed by atoms with Crippen molar-refractivity contribution < 1.29 is 19.8 Å². The number of amides is 2. The second-order valence-electron chi connectivity index (χ2n) is 9.55. The molecule has 13 heteroatoms. The fourth-order valence-corrected chi connectivity index (χ4v) is 5.61. The predicted octanol–water partition coefficient (Wildman–Crippen LogP) is -1.02. The molecule has 12 nitrogen and oxygen atoms in total. The first-order valence-corrected chi connectivity index (χ1v) is 13.1. The highest BCUT2D eigenvalue weighted by Gasteiger charge is 2.51. The van der Waals surface area contributed by atoms with Crippen molar-refractivity contribution in [3.8, 4) is 0 Å². The summed E-state index contributed by atoms with van der Waals surface area (Å²) in [7, 11) is 0. The highest BCUT2D eigenvalue weighted by Crippen LogP contribution is 2.32. The van der Waals surface area contributed by atoms with E-state index in [1.165, 1.54) is 11.2 Å². The van der Waals surface area contributed by atoms with Crippen LogP contribution in [0, 0.1) is 0 Å². The quantitative estimate of drug-likeness (QED) is 0.0964. The summed E-state index contributed by atoms with van der Waals surface area (Å²) in [5.74, 6) is -3.30. The van der Waals surface area contributed by atoms with E-state index in [0.717, 1.165) is 16.9 Å². The molecular formula is C24H34N8O4S. The molecule has 0 saturated carbocycles. The number of guanidine groups is 1. The Labute approximate surface area is 219 Å². The van der Waals surface area contributed by atoms with Gasteiger partial charge >= 0.3 is 0 Å². The van der Waals surface area contributed by atoms with Gasteiger partial charge in [-0.3, -0.25) is 19.6 Å². The minimum atomic E-state index is -2.42. The zero-order valence-corrected chi connectivity index (χ0v) is 21.3. The molecule has 2 aromatic rings. The van der Waals surface area contributed by atoms with Gasteiger partial charge in [-0.05, 0) is 37.7 Å². The summed E-state index contributed by atoms with van der Waals surface area (Å²) in [6, 6.07) is 7.62. The van der Waals surface area contributed by atoms with Gasteiger partial charge in [0.05, 0.1) is 6.04 Å². The number of carbonyl (C=O) groups excluding carboxylic acids is 2. The lowest BCUT2D eigenvalue weighted by atomic mass is 9.85. The molecule has 2 amide bonds. The molecule has 4 rings (SSSR count). The molecule has 0 radical (unpaired) electrons. The van der Waals surface area contributed by atoms with Crippen LogP contribution in [0.15, 0.2) is 46.9 Å². The van der Waals surface area contributed by atoms with Gasteiger partial charge in [-0.25, -0.2) is 9.99 Å². The monoisotopic (exact) mass is 530 g/mol. The Morgan fingerprint density at radius 2 is 2.05 bits per heavy atom. The number of nitrogens with zero attached hydrogens (tertiary/aromatic N) is 4. The number of hydrogen-bond acceptors (Lipinski definition) is 9. The van der Waals surface area contributed by atoms with Gasteiger partial charge in [-0.1, -0.05) is 30.3 Å². The molecule has 2 fully saturated rings. The second kappa shape index (κ2) is 11.1. The van der Waals surface area contributed by atoms with Crippen molar-refractivity contribution in [2.45, 2.75) is 55.5 Å². The lowest BCUT2D eigenvalue weighted by molar-refractivity contribution is -0.197. The molecule has 2 aliphatic heterocycles. The molecule has 1 aromatic heterocycles. The van der Waals surface area contributed by atoms with Crippen molar-refractivity contribution in [2.75, 3.05) is 19.6 Å². The number of aliphatic hydroxyl groups is 2. The third kappa shape index (κ3) is 5.91. The van der Waals surface area contributed by atoms with Crippen molar-refractivity contribution in [1.82, 2.24) is 20.3 Å². The first-order valence-electron chi connectivity index (χ1n) is 12.2. The Bertz CT molecular complexity index is 1110. The van der Waals surface area contributed by atoms with E-state index in [0.29, 0.717) is 38.8 Å². The zero-order chi connectivity index (χ0) is 26.6. The van der Waals surface area contributed by atoms with Crippen LogP contribution in [0.2, 0.25) is 0 Å². The fraction of sp³-hybridized carbons (Fsp3) is 0.500. The van der Waals surface area contributed by atoms with E-state index in [-0.39, 0.29) is 29.8 Å². The highest BCUT2D eigenvalue weighted by molar-refractivity contribution is 7.09. The number of hydrogen-bond donors (Lipinski definition) is 6. The van der Waals surface area contributed by atoms with E-state index in [9.17, 15) is 19.8 Å². The van der Waals surface area contributed by atoms with Crippen molar-refractivity contribution in [3.05, 3.63) is 52.5 Å². The summed E-state index contributed by atoms with van der Waals surface area (Å²) in [5.41, 5.74) is 17.2. The first kappa shape index (κ1) is 26.9. The maximum atomic E-state index is 13.6. The lowest BCUT2D eigenvalue weighted by Crippen LogP contribution is -2.68. The number of hydrazine groups is 1. The van der Waals surface area contributed by atoms with Crippen LogP contribution in [0.4, 0.5) is 0 Å². The molecule has 0 bridgehead atoms. The van der Waals surface area contributed by atoms with Gasteiger partial charge < -0.3 is 32.7 Å². The van der Waals surface area contributed by atoms with Crippen molar-refractivity contribution in [2.24, 2.45) is 22.2 Å². The number of aliphatic imine (C=N–C) groups is 1. The fourth-order valence-electron chi connectivity index (χ4n) is 4.92. The SMILES string of the molecule is NC(N)=NCCC[C@H](NC(=O)[C@@H]1CCN2CC[C@@](N)(Cc3ccccc3)C(=O)N12)C(O)(O)c1nccs1. The standard InChI is InChI=1S/C24H34N8O4S/c25-22(26)29-10-4-7-18(24(35,36)20-28-11-14-37-20)30-19(33)17-8-12-31-13-9-23(27,21(34)32(17)31)15-16-5-2-1-3-6-16/h1-3,5-6,11,14,17-18,35-36H,4,7-10,12-13,15,27H2,(H,30,33)(H4,25,26,29)/t17-,18-,23+/m0/s1. The molecule has 0 spiro atoms. The van der Waals surface area contributed by atoms with Crippen LogP contribution in [0.3, 0.4) is 0 Å². The summed E-state index contributed by atoms with van der Waals surface area (Å²) in [4.78, 5) is 35.1. The first-order chi connectivity index (χ1) is 17.6. The predicted molar refractivity (Wildman–Crippen MR) is 139 cm³/mol.